The first-order chi connectivity index (χ1) is 39.8. The van der Waals surface area contributed by atoms with Crippen LogP contribution in [0.5, 0.6) is 11.5 Å². The number of unbranched alkanes of at least 4 members (excludes halogenated alkanes) is 3. The van der Waals surface area contributed by atoms with Crippen molar-refractivity contribution in [2.75, 3.05) is 52.6 Å². The van der Waals surface area contributed by atoms with E-state index in [1.807, 2.05) is 26.0 Å². The van der Waals surface area contributed by atoms with Gasteiger partial charge in [-0.1, -0.05) is 58.4 Å². The third kappa shape index (κ3) is 14.8. The maximum absolute atomic E-state index is 14.0. The van der Waals surface area contributed by atoms with E-state index < -0.39 is 63.3 Å². The summed E-state index contributed by atoms with van der Waals surface area (Å²) in [6.45, 7) is 12.2. The number of rotatable bonds is 30. The van der Waals surface area contributed by atoms with Crippen molar-refractivity contribution in [3.8, 4) is 34.1 Å². The van der Waals surface area contributed by atoms with Gasteiger partial charge in [-0.2, -0.15) is 0 Å². The highest BCUT2D eigenvalue weighted by Crippen LogP contribution is 2.43. The Morgan fingerprint density at radius 1 is 0.892 bits per heavy atom. The van der Waals surface area contributed by atoms with Gasteiger partial charge in [-0.05, 0) is 94.6 Å². The Labute approximate surface area is 481 Å². The van der Waals surface area contributed by atoms with Crippen LogP contribution in [0.3, 0.4) is 0 Å². The highest BCUT2D eigenvalue weighted by atomic mass is 32.2. The van der Waals surface area contributed by atoms with Gasteiger partial charge in [0.25, 0.3) is 5.56 Å². The molecule has 0 radical (unpaired) electrons. The molecule has 83 heavy (non-hydrogen) atoms. The number of aliphatic hydroxyl groups is 1. The van der Waals surface area contributed by atoms with Crippen LogP contribution in [0.4, 0.5) is 0 Å². The van der Waals surface area contributed by atoms with Crippen LogP contribution in [0.25, 0.3) is 39.6 Å². The largest absolute Gasteiger partial charge is 0.458 e. The number of aryl methyl sites for hydroxylation is 1. The average Bonchev–Trinajstić information content (AvgIpc) is 2.04. The molecule has 4 amide bonds. The van der Waals surface area contributed by atoms with Gasteiger partial charge in [-0.25, -0.2) is 28.2 Å². The van der Waals surface area contributed by atoms with Crippen LogP contribution in [-0.2, 0) is 68.6 Å². The van der Waals surface area contributed by atoms with Gasteiger partial charge in [0.05, 0.1) is 48.4 Å². The Bertz CT molecular complexity index is 3400. The van der Waals surface area contributed by atoms with Crippen molar-refractivity contribution < 1.29 is 56.4 Å². The summed E-state index contributed by atoms with van der Waals surface area (Å²) in [6, 6.07) is 3.31. The predicted molar refractivity (Wildman–Crippen MR) is 304 cm³/mol. The zero-order valence-corrected chi connectivity index (χ0v) is 48.6. The third-order valence-electron chi connectivity index (χ3n) is 14.8. The Morgan fingerprint density at radius 2 is 1.64 bits per heavy atom. The molecule has 8 rings (SSSR count). The van der Waals surface area contributed by atoms with E-state index in [-0.39, 0.29) is 74.2 Å². The number of cyclic esters (lactones) is 1. The number of benzene rings is 1. The minimum Gasteiger partial charge on any atom is -0.458 e. The molecule has 26 heteroatoms. The zero-order chi connectivity index (χ0) is 59.4. The average molecular weight is 1170 g/mol. The molecule has 3 aliphatic rings. The molecule has 0 saturated carbocycles. The van der Waals surface area contributed by atoms with Gasteiger partial charge in [0, 0.05) is 59.8 Å². The molecule has 1 aromatic carbocycles. The molecular weight excluding hydrogens is 1090 g/mol. The van der Waals surface area contributed by atoms with Crippen LogP contribution in [-0.4, -0.2) is 147 Å². The van der Waals surface area contributed by atoms with Crippen LogP contribution in [0, 0.1) is 5.92 Å². The Morgan fingerprint density at radius 3 is 2.35 bits per heavy atom. The monoisotopic (exact) mass is 1170 g/mol. The van der Waals surface area contributed by atoms with E-state index >= 15 is 0 Å². The second-order valence-corrected chi connectivity index (χ2v) is 23.2. The normalized spacial score (nSPS) is 15.9. The topological polar surface area (TPSA) is 319 Å². The van der Waals surface area contributed by atoms with Crippen molar-refractivity contribution in [1.82, 2.24) is 60.7 Å². The van der Waals surface area contributed by atoms with Crippen molar-refractivity contribution in [3.63, 3.8) is 0 Å². The van der Waals surface area contributed by atoms with Gasteiger partial charge in [-0.3, -0.25) is 28.7 Å². The SMILES string of the molecule is CCCN(CCC)CCCCC(NC(=O)C(NC(=O)CCCCCn1cc(-c2cnc(S(C)(=O)=O)nc2)nn1)C(C)C)C(=O)NCC(=O)NCOC/C=C/c1c2c(nc3cc4c(cc13)OCO4)-c1cc3c(c(=O)n1C2)COC(=O)[C@]3(O)CC. The number of hydrogen-bond donors (Lipinski definition) is 5. The maximum Gasteiger partial charge on any atom is 0.343 e. The summed E-state index contributed by atoms with van der Waals surface area (Å²) in [6.07, 6.45) is 14.9. The predicted octanol–water partition coefficient (Wildman–Crippen LogP) is 3.66. The van der Waals surface area contributed by atoms with Crippen molar-refractivity contribution in [1.29, 1.82) is 0 Å². The van der Waals surface area contributed by atoms with E-state index in [0.29, 0.717) is 83.7 Å². The van der Waals surface area contributed by atoms with Crippen LogP contribution in [0.15, 0.2) is 52.8 Å². The molecule has 0 spiro atoms. The fraction of sp³-hybridized carbons (Fsp3) is 0.526. The number of nitrogens with one attached hydrogen (secondary N) is 4. The molecule has 2 unspecified atom stereocenters. The van der Waals surface area contributed by atoms with Crippen LogP contribution >= 0.6 is 0 Å². The molecule has 5 aromatic rings. The van der Waals surface area contributed by atoms with Gasteiger partial charge in [0.2, 0.25) is 45.4 Å². The number of carbonyl (C=O) groups excluding carboxylic acids is 5. The number of pyridine rings is 2. The number of esters is 1. The van der Waals surface area contributed by atoms with E-state index in [9.17, 15) is 42.3 Å². The number of amides is 4. The number of hydrogen-bond acceptors (Lipinski definition) is 19. The summed E-state index contributed by atoms with van der Waals surface area (Å²) >= 11 is 0. The zero-order valence-electron chi connectivity index (χ0n) is 47.8. The van der Waals surface area contributed by atoms with Gasteiger partial charge in [0.1, 0.15) is 31.1 Å². The third-order valence-corrected chi connectivity index (χ3v) is 15.7. The van der Waals surface area contributed by atoms with E-state index in [0.717, 1.165) is 56.3 Å². The first kappa shape index (κ1) is 61.4. The molecule has 0 fully saturated rings. The molecule has 0 aliphatic carbocycles. The number of sulfone groups is 1. The Balaban J connectivity index is 0.834. The second kappa shape index (κ2) is 27.6. The maximum atomic E-state index is 14.0. The van der Waals surface area contributed by atoms with E-state index in [1.165, 1.54) is 12.4 Å². The molecule has 0 saturated heterocycles. The van der Waals surface area contributed by atoms with Crippen molar-refractivity contribution in [3.05, 3.63) is 75.5 Å². The first-order valence-electron chi connectivity index (χ1n) is 28.3. The molecule has 3 atom stereocenters. The standard InChI is InChI=1S/C57H74N12O13S/c1-7-19-67(20-8-2)21-14-12-17-42(63-53(73)50(35(4)5)64-48(70)18-11-10-13-22-68-31-44(65-66-68)36-27-59-56(60-28-36)83(6,77)78)52(72)58-29-49(71)61-33-79-23-15-16-37-38-24-46-47(82-34-81-46)26-43(38)62-51-39(37)30-69-45(51)25-41-40(54(69)74)32-80-55(75)57(41,76)9-3/h15-16,24-28,31,35,42,50,76H,7-14,17-23,29-30,32-34H2,1-6H3,(H,58,72)(H,61,71)(H,63,73)(H,64,70)/b16-15+/t42?,50?,57-/m0/s1. The molecule has 0 bridgehead atoms. The molecule has 5 N–H and O–H groups in total. The quantitative estimate of drug-likeness (QED) is 0.0186. The lowest BCUT2D eigenvalue weighted by Crippen LogP contribution is -2.56. The fourth-order valence-electron chi connectivity index (χ4n) is 10.3. The summed E-state index contributed by atoms with van der Waals surface area (Å²) in [7, 11) is -3.54. The van der Waals surface area contributed by atoms with Gasteiger partial charge >= 0.3 is 5.97 Å². The summed E-state index contributed by atoms with van der Waals surface area (Å²) < 4.78 is 49.0. The van der Waals surface area contributed by atoms with Crippen molar-refractivity contribution in [2.24, 2.45) is 5.92 Å². The van der Waals surface area contributed by atoms with E-state index in [4.69, 9.17) is 23.9 Å². The molecule has 25 nitrogen and oxygen atoms in total. The number of fused-ring (bicyclic) bond motifs is 6. The number of nitrogens with zero attached hydrogens (tertiary/aromatic N) is 8. The van der Waals surface area contributed by atoms with Crippen LogP contribution in [0.2, 0.25) is 0 Å². The number of carbonyl (C=O) groups is 5. The summed E-state index contributed by atoms with van der Waals surface area (Å²) in [5, 5.41) is 31.2. The molecule has 446 valence electrons. The highest BCUT2D eigenvalue weighted by Gasteiger charge is 2.45. The van der Waals surface area contributed by atoms with Gasteiger partial charge in [0.15, 0.2) is 17.1 Å². The van der Waals surface area contributed by atoms with Gasteiger partial charge < -0.3 is 54.8 Å². The smallest absolute Gasteiger partial charge is 0.343 e. The fourth-order valence-corrected chi connectivity index (χ4v) is 10.8. The molecule has 4 aromatic heterocycles. The Hall–Kier alpha value is -7.68. The minimum atomic E-state index is -3.54. The number of aromatic nitrogens is 7. The van der Waals surface area contributed by atoms with Gasteiger partial charge in [-0.15, -0.1) is 5.10 Å². The highest BCUT2D eigenvalue weighted by molar-refractivity contribution is 7.90. The van der Waals surface area contributed by atoms with Crippen LogP contribution < -0.4 is 36.3 Å². The van der Waals surface area contributed by atoms with Crippen molar-refractivity contribution >= 4 is 56.4 Å². The number of ether oxygens (including phenoxy) is 4. The van der Waals surface area contributed by atoms with E-state index in [2.05, 4.69) is 60.3 Å². The second-order valence-electron chi connectivity index (χ2n) is 21.3. The van der Waals surface area contributed by atoms with E-state index in [1.54, 1.807) is 40.6 Å². The lowest BCUT2D eigenvalue weighted by molar-refractivity contribution is -0.172. The molecular formula is C57H74N12O13S. The summed E-state index contributed by atoms with van der Waals surface area (Å²) in [4.78, 5) is 95.9. The molecule has 3 aliphatic heterocycles. The summed E-state index contributed by atoms with van der Waals surface area (Å²) in [5.41, 5.74) is 1.97. The Kier molecular flexibility index (Phi) is 20.4. The summed E-state index contributed by atoms with van der Waals surface area (Å²) in [5.74, 6) is -1.99. The molecule has 7 heterocycles. The lowest BCUT2D eigenvalue weighted by atomic mass is 9.86. The van der Waals surface area contributed by atoms with Crippen molar-refractivity contribution in [2.45, 2.75) is 141 Å². The first-order valence-corrected chi connectivity index (χ1v) is 30.2. The van der Waals surface area contributed by atoms with Crippen LogP contribution in [0.1, 0.15) is 121 Å². The minimum absolute atomic E-state index is 0.00443. The lowest BCUT2D eigenvalue weighted by Gasteiger charge is -2.31.